The predicted octanol–water partition coefficient (Wildman–Crippen LogP) is 3.90. The summed E-state index contributed by atoms with van der Waals surface area (Å²) in [5, 5.41) is 4.53. The fraction of sp³-hybridized carbons (Fsp3) is 0.133. The van der Waals surface area contributed by atoms with Crippen LogP contribution in [-0.2, 0) is 6.18 Å². The first-order valence-corrected chi connectivity index (χ1v) is 7.11. The van der Waals surface area contributed by atoms with Crippen LogP contribution in [0.5, 0.6) is 0 Å². The number of halogens is 5. The van der Waals surface area contributed by atoms with Crippen LogP contribution in [0.3, 0.4) is 0 Å². The van der Waals surface area contributed by atoms with E-state index in [-0.39, 0.29) is 16.4 Å². The van der Waals surface area contributed by atoms with Gasteiger partial charge in [0.25, 0.3) is 0 Å². The molecule has 0 unspecified atom stereocenters. The lowest BCUT2D eigenvalue weighted by atomic mass is 10.2. The minimum atomic E-state index is -4.90. The maximum absolute atomic E-state index is 13.2. The zero-order chi connectivity index (χ0) is 18.6. The number of nitrogens with one attached hydrogen (secondary N) is 2. The molecular formula is C15H10ClF4N3O2. The standard InChI is InChI=1S/C15H10ClF4N3O2/c16-8-3-4-21-12(5-8)13(24)7-22-14(25)23-9-1-2-11(17)10(6-9)15(18,19)20/h1-6H,7H2,(H2,22,23,25). The Kier molecular flexibility index (Phi) is 5.58. The van der Waals surface area contributed by atoms with E-state index in [2.05, 4.69) is 15.6 Å². The van der Waals surface area contributed by atoms with Crippen molar-refractivity contribution < 1.29 is 27.2 Å². The van der Waals surface area contributed by atoms with E-state index in [1.54, 1.807) is 0 Å². The maximum atomic E-state index is 13.2. The lowest BCUT2D eigenvalue weighted by Crippen LogP contribution is -2.33. The molecule has 5 nitrogen and oxygen atoms in total. The zero-order valence-corrected chi connectivity index (χ0v) is 13.1. The molecule has 25 heavy (non-hydrogen) atoms. The fourth-order valence-electron chi connectivity index (χ4n) is 1.80. The number of urea groups is 1. The minimum absolute atomic E-state index is 0.0222. The van der Waals surface area contributed by atoms with Crippen LogP contribution in [0.2, 0.25) is 5.02 Å². The van der Waals surface area contributed by atoms with Gasteiger partial charge in [0.05, 0.1) is 12.1 Å². The second kappa shape index (κ2) is 7.47. The van der Waals surface area contributed by atoms with Gasteiger partial charge in [-0.3, -0.25) is 9.78 Å². The Morgan fingerprint density at radius 1 is 1.16 bits per heavy atom. The van der Waals surface area contributed by atoms with Crippen LogP contribution < -0.4 is 10.6 Å². The van der Waals surface area contributed by atoms with E-state index >= 15 is 0 Å². The number of ketones is 1. The minimum Gasteiger partial charge on any atom is -0.330 e. The number of aromatic nitrogens is 1. The molecule has 2 aromatic rings. The lowest BCUT2D eigenvalue weighted by molar-refractivity contribution is -0.139. The highest BCUT2D eigenvalue weighted by molar-refractivity contribution is 6.30. The van der Waals surface area contributed by atoms with Crippen molar-refractivity contribution in [3.05, 3.63) is 58.6 Å². The van der Waals surface area contributed by atoms with E-state index in [9.17, 15) is 27.2 Å². The number of carbonyl (C=O) groups is 2. The van der Waals surface area contributed by atoms with Gasteiger partial charge < -0.3 is 10.6 Å². The van der Waals surface area contributed by atoms with Crippen LogP contribution >= 0.6 is 11.6 Å². The van der Waals surface area contributed by atoms with Crippen LogP contribution in [0, 0.1) is 5.82 Å². The highest BCUT2D eigenvalue weighted by Gasteiger charge is 2.34. The average Bonchev–Trinajstić information content (AvgIpc) is 2.53. The summed E-state index contributed by atoms with van der Waals surface area (Å²) in [5.74, 6) is -2.01. The Labute approximate surface area is 144 Å². The zero-order valence-electron chi connectivity index (χ0n) is 12.3. The Morgan fingerprint density at radius 2 is 1.88 bits per heavy atom. The second-order valence-corrected chi connectivity index (χ2v) is 5.22. The summed E-state index contributed by atoms with van der Waals surface area (Å²) in [4.78, 5) is 27.3. The van der Waals surface area contributed by atoms with E-state index in [1.807, 2.05) is 0 Å². The molecule has 0 aliphatic rings. The number of hydrogen-bond donors (Lipinski definition) is 2. The molecule has 0 atom stereocenters. The predicted molar refractivity (Wildman–Crippen MR) is 82.0 cm³/mol. The molecule has 0 bridgehead atoms. The number of Topliss-reactive ketones (excluding diaryl/α,β-unsaturated/α-hetero) is 1. The number of pyridine rings is 1. The Hall–Kier alpha value is -2.68. The Balaban J connectivity index is 1.98. The fourth-order valence-corrected chi connectivity index (χ4v) is 1.96. The monoisotopic (exact) mass is 375 g/mol. The molecule has 1 heterocycles. The number of hydrogen-bond acceptors (Lipinski definition) is 3. The summed E-state index contributed by atoms with van der Waals surface area (Å²) in [7, 11) is 0. The molecule has 132 valence electrons. The second-order valence-electron chi connectivity index (χ2n) is 4.78. The summed E-state index contributed by atoms with van der Waals surface area (Å²) in [5.41, 5.74) is -1.77. The van der Waals surface area contributed by atoms with Crippen molar-refractivity contribution in [3.63, 3.8) is 0 Å². The van der Waals surface area contributed by atoms with E-state index in [0.717, 1.165) is 6.07 Å². The van der Waals surface area contributed by atoms with Crippen molar-refractivity contribution in [2.24, 2.45) is 0 Å². The molecule has 0 saturated carbocycles. The van der Waals surface area contributed by atoms with Crippen molar-refractivity contribution in [2.45, 2.75) is 6.18 Å². The molecule has 0 aliphatic carbocycles. The Bertz CT molecular complexity index is 812. The highest BCUT2D eigenvalue weighted by atomic mass is 35.5. The number of amides is 2. The number of rotatable bonds is 4. The SMILES string of the molecule is O=C(NCC(=O)c1cc(Cl)ccn1)Nc1ccc(F)c(C(F)(F)F)c1. The quantitative estimate of drug-likeness (QED) is 0.629. The maximum Gasteiger partial charge on any atom is 0.419 e. The van der Waals surface area contributed by atoms with Gasteiger partial charge in [-0.25, -0.2) is 9.18 Å². The van der Waals surface area contributed by atoms with Gasteiger partial charge in [0.15, 0.2) is 5.78 Å². The van der Waals surface area contributed by atoms with Crippen molar-refractivity contribution >= 4 is 29.1 Å². The number of alkyl halides is 3. The van der Waals surface area contributed by atoms with E-state index in [0.29, 0.717) is 12.1 Å². The van der Waals surface area contributed by atoms with E-state index < -0.39 is 35.9 Å². The van der Waals surface area contributed by atoms with Gasteiger partial charge in [-0.05, 0) is 30.3 Å². The van der Waals surface area contributed by atoms with Gasteiger partial charge in [-0.1, -0.05) is 11.6 Å². The molecule has 0 spiro atoms. The molecule has 2 amide bonds. The van der Waals surface area contributed by atoms with Gasteiger partial charge in [0, 0.05) is 16.9 Å². The van der Waals surface area contributed by atoms with Gasteiger partial charge in [0.1, 0.15) is 11.5 Å². The number of nitrogens with zero attached hydrogens (tertiary/aromatic N) is 1. The summed E-state index contributed by atoms with van der Waals surface area (Å²) in [6.07, 6.45) is -3.58. The van der Waals surface area contributed by atoms with Gasteiger partial charge in [0.2, 0.25) is 0 Å². The third kappa shape index (κ3) is 5.15. The molecule has 0 fully saturated rings. The Morgan fingerprint density at radius 3 is 2.52 bits per heavy atom. The van der Waals surface area contributed by atoms with E-state index in [1.165, 1.54) is 18.3 Å². The third-order valence-electron chi connectivity index (χ3n) is 2.95. The number of carbonyl (C=O) groups excluding carboxylic acids is 2. The van der Waals surface area contributed by atoms with Gasteiger partial charge >= 0.3 is 12.2 Å². The summed E-state index contributed by atoms with van der Waals surface area (Å²) >= 11 is 5.71. The van der Waals surface area contributed by atoms with Crippen molar-refractivity contribution in [1.29, 1.82) is 0 Å². The topological polar surface area (TPSA) is 71.1 Å². The third-order valence-corrected chi connectivity index (χ3v) is 3.18. The van der Waals surface area contributed by atoms with Crippen LogP contribution in [0.4, 0.5) is 28.0 Å². The van der Waals surface area contributed by atoms with Crippen molar-refractivity contribution in [2.75, 3.05) is 11.9 Å². The molecule has 0 radical (unpaired) electrons. The average molecular weight is 376 g/mol. The van der Waals surface area contributed by atoms with Gasteiger partial charge in [-0.2, -0.15) is 13.2 Å². The van der Waals surface area contributed by atoms with Crippen LogP contribution in [0.15, 0.2) is 36.5 Å². The van der Waals surface area contributed by atoms with E-state index in [4.69, 9.17) is 11.6 Å². The summed E-state index contributed by atoms with van der Waals surface area (Å²) < 4.78 is 51.0. The molecule has 2 N–H and O–H groups in total. The van der Waals surface area contributed by atoms with Crippen LogP contribution in [0.25, 0.3) is 0 Å². The molecule has 0 aliphatic heterocycles. The molecule has 0 saturated heterocycles. The summed E-state index contributed by atoms with van der Waals surface area (Å²) in [6.45, 7) is -0.452. The molecule has 2 rings (SSSR count). The lowest BCUT2D eigenvalue weighted by Gasteiger charge is -2.11. The first kappa shape index (κ1) is 18.7. The largest absolute Gasteiger partial charge is 0.419 e. The van der Waals surface area contributed by atoms with Crippen LogP contribution in [-0.4, -0.2) is 23.3 Å². The first-order valence-electron chi connectivity index (χ1n) is 6.73. The van der Waals surface area contributed by atoms with Crippen LogP contribution in [0.1, 0.15) is 16.1 Å². The first-order chi connectivity index (χ1) is 11.7. The molecule has 1 aromatic heterocycles. The molecular weight excluding hydrogens is 366 g/mol. The molecule has 10 heteroatoms. The van der Waals surface area contributed by atoms with Crippen molar-refractivity contribution in [3.8, 4) is 0 Å². The number of anilines is 1. The highest BCUT2D eigenvalue weighted by Crippen LogP contribution is 2.32. The normalized spacial score (nSPS) is 11.1. The smallest absolute Gasteiger partial charge is 0.330 e. The summed E-state index contributed by atoms with van der Waals surface area (Å²) in [6, 6.07) is 3.83. The molecule has 1 aromatic carbocycles. The number of benzene rings is 1. The van der Waals surface area contributed by atoms with Gasteiger partial charge in [-0.15, -0.1) is 0 Å². The van der Waals surface area contributed by atoms with Crippen molar-refractivity contribution in [1.82, 2.24) is 10.3 Å².